The Morgan fingerprint density at radius 3 is 2.60 bits per heavy atom. The third-order valence-corrected chi connectivity index (χ3v) is 4.95. The van der Waals surface area contributed by atoms with Crippen molar-refractivity contribution in [3.8, 4) is 0 Å². The Balaban J connectivity index is 1.79. The number of hydrogen-bond donors (Lipinski definition) is 2. The van der Waals surface area contributed by atoms with Crippen molar-refractivity contribution in [2.75, 3.05) is 0 Å². The Labute approximate surface area is 128 Å². The third kappa shape index (κ3) is 2.19. The maximum absolute atomic E-state index is 12.3. The predicted octanol–water partition coefficient (Wildman–Crippen LogP) is 2.64. The van der Waals surface area contributed by atoms with Gasteiger partial charge in [0.05, 0.1) is 16.4 Å². The summed E-state index contributed by atoms with van der Waals surface area (Å²) in [7, 11) is 0. The second-order valence-electron chi connectivity index (χ2n) is 4.43. The fourth-order valence-electron chi connectivity index (χ4n) is 2.12. The lowest BCUT2D eigenvalue weighted by molar-refractivity contribution is 0.0747. The number of aromatic amines is 1. The van der Waals surface area contributed by atoms with Gasteiger partial charge in [-0.15, -0.1) is 11.3 Å². The number of thiophene rings is 1. The van der Waals surface area contributed by atoms with Crippen LogP contribution in [-0.4, -0.2) is 21.7 Å². The number of H-pyrrole nitrogens is 1. The Morgan fingerprint density at radius 1 is 1.30 bits per heavy atom. The third-order valence-electron chi connectivity index (χ3n) is 3.08. The van der Waals surface area contributed by atoms with Crippen molar-refractivity contribution in [2.24, 2.45) is 5.73 Å². The van der Waals surface area contributed by atoms with Gasteiger partial charge in [0, 0.05) is 11.4 Å². The minimum atomic E-state index is -0.440. The Hall–Kier alpha value is -1.50. The monoisotopic (exact) mass is 329 g/mol. The molecule has 1 aliphatic heterocycles. The second-order valence-corrected chi connectivity index (χ2v) is 6.35. The molecule has 2 aromatic heterocycles. The van der Waals surface area contributed by atoms with Gasteiger partial charge >= 0.3 is 0 Å². The molecule has 3 rings (SSSR count). The summed E-state index contributed by atoms with van der Waals surface area (Å²) in [4.78, 5) is 29.3. The number of nitrogens with one attached hydrogen (secondary N) is 1. The number of amides is 2. The molecule has 3 N–H and O–H groups in total. The summed E-state index contributed by atoms with van der Waals surface area (Å²) in [5, 5.41) is 0.569. The first-order chi connectivity index (χ1) is 9.45. The standard InChI is InChI=1S/C12H9Cl2N3O2S/c13-6-2-7(16-10(6)14)12(19)17-3-5-1-8(11(15)18)20-9(5)4-17/h1-2,16H,3-4H2,(H2,15,18). The molecule has 0 aliphatic carbocycles. The number of carbonyl (C=O) groups excluding carboxylic acids is 2. The van der Waals surface area contributed by atoms with Crippen molar-refractivity contribution in [3.05, 3.63) is 43.3 Å². The van der Waals surface area contributed by atoms with E-state index in [1.54, 1.807) is 11.0 Å². The molecule has 0 radical (unpaired) electrons. The van der Waals surface area contributed by atoms with Crippen LogP contribution in [0.25, 0.3) is 0 Å². The zero-order valence-corrected chi connectivity index (χ0v) is 12.4. The number of fused-ring (bicyclic) bond motifs is 1. The highest BCUT2D eigenvalue weighted by atomic mass is 35.5. The van der Waals surface area contributed by atoms with Crippen LogP contribution in [0.15, 0.2) is 12.1 Å². The van der Waals surface area contributed by atoms with Crippen LogP contribution in [0, 0.1) is 0 Å². The second kappa shape index (κ2) is 4.80. The van der Waals surface area contributed by atoms with E-state index >= 15 is 0 Å². The maximum Gasteiger partial charge on any atom is 0.270 e. The van der Waals surface area contributed by atoms with Crippen molar-refractivity contribution in [3.63, 3.8) is 0 Å². The highest BCUT2D eigenvalue weighted by Crippen LogP contribution is 2.32. The van der Waals surface area contributed by atoms with Gasteiger partial charge in [-0.3, -0.25) is 9.59 Å². The lowest BCUT2D eigenvalue weighted by Crippen LogP contribution is -2.25. The van der Waals surface area contributed by atoms with E-state index in [0.717, 1.165) is 10.4 Å². The molecule has 0 spiro atoms. The molecule has 1 aliphatic rings. The van der Waals surface area contributed by atoms with E-state index in [-0.39, 0.29) is 11.1 Å². The van der Waals surface area contributed by atoms with Crippen LogP contribution in [0.2, 0.25) is 10.2 Å². The van der Waals surface area contributed by atoms with Gasteiger partial charge in [-0.05, 0) is 17.7 Å². The van der Waals surface area contributed by atoms with Gasteiger partial charge < -0.3 is 15.6 Å². The quantitative estimate of drug-likeness (QED) is 0.888. The van der Waals surface area contributed by atoms with E-state index in [2.05, 4.69) is 4.98 Å². The number of halogens is 2. The zero-order valence-electron chi connectivity index (χ0n) is 10.1. The number of aromatic nitrogens is 1. The smallest absolute Gasteiger partial charge is 0.270 e. The fraction of sp³-hybridized carbons (Fsp3) is 0.167. The number of carbonyl (C=O) groups is 2. The topological polar surface area (TPSA) is 79.2 Å². The highest BCUT2D eigenvalue weighted by molar-refractivity contribution is 7.14. The van der Waals surface area contributed by atoms with Crippen molar-refractivity contribution < 1.29 is 9.59 Å². The number of rotatable bonds is 2. The normalized spacial score (nSPS) is 13.6. The minimum absolute atomic E-state index is 0.178. The molecule has 0 saturated carbocycles. The number of primary amides is 1. The number of nitrogens with two attached hydrogens (primary N) is 1. The van der Waals surface area contributed by atoms with Crippen molar-refractivity contribution in [2.45, 2.75) is 13.1 Å². The fourth-order valence-corrected chi connectivity index (χ4v) is 3.48. The summed E-state index contributed by atoms with van der Waals surface area (Å²) < 4.78 is 0. The average molecular weight is 330 g/mol. The van der Waals surface area contributed by atoms with Gasteiger partial charge in [0.15, 0.2) is 0 Å². The van der Waals surface area contributed by atoms with Gasteiger partial charge in [-0.25, -0.2) is 0 Å². The molecule has 2 aromatic rings. The average Bonchev–Trinajstić information content (AvgIpc) is 3.02. The summed E-state index contributed by atoms with van der Waals surface area (Å²) >= 11 is 12.9. The molecule has 0 aromatic carbocycles. The van der Waals surface area contributed by atoms with Crippen LogP contribution in [0.5, 0.6) is 0 Å². The van der Waals surface area contributed by atoms with Gasteiger partial charge in [0.25, 0.3) is 11.8 Å². The Kier molecular flexibility index (Phi) is 3.24. The van der Waals surface area contributed by atoms with Crippen LogP contribution in [0.4, 0.5) is 0 Å². The SMILES string of the molecule is NC(=O)c1cc2c(s1)CN(C(=O)c1cc(Cl)c(Cl)[nH]1)C2. The summed E-state index contributed by atoms with van der Waals surface area (Å²) in [5.41, 5.74) is 6.55. The van der Waals surface area contributed by atoms with Gasteiger partial charge in [-0.2, -0.15) is 0 Å². The molecular formula is C12H9Cl2N3O2S. The van der Waals surface area contributed by atoms with E-state index < -0.39 is 5.91 Å². The molecule has 0 unspecified atom stereocenters. The Morgan fingerprint density at radius 2 is 2.05 bits per heavy atom. The van der Waals surface area contributed by atoms with E-state index in [9.17, 15) is 9.59 Å². The first kappa shape index (κ1) is 13.5. The summed E-state index contributed by atoms with van der Waals surface area (Å²) in [6, 6.07) is 3.25. The summed E-state index contributed by atoms with van der Waals surface area (Å²) in [6.45, 7) is 0.909. The molecule has 5 nitrogen and oxygen atoms in total. The van der Waals surface area contributed by atoms with Crippen LogP contribution in [0.3, 0.4) is 0 Å². The molecular weight excluding hydrogens is 321 g/mol. The van der Waals surface area contributed by atoms with Gasteiger partial charge in [0.2, 0.25) is 0 Å². The lowest BCUT2D eigenvalue weighted by Gasteiger charge is -2.14. The van der Waals surface area contributed by atoms with E-state index in [1.165, 1.54) is 17.4 Å². The molecule has 3 heterocycles. The molecule has 8 heteroatoms. The predicted molar refractivity (Wildman–Crippen MR) is 77.2 cm³/mol. The Bertz CT molecular complexity index is 679. The molecule has 2 amide bonds. The minimum Gasteiger partial charge on any atom is -0.365 e. The van der Waals surface area contributed by atoms with Crippen LogP contribution in [-0.2, 0) is 13.1 Å². The number of hydrogen-bond acceptors (Lipinski definition) is 3. The summed E-state index contributed by atoms with van der Waals surface area (Å²) in [6.07, 6.45) is 0. The van der Waals surface area contributed by atoms with Crippen LogP contribution in [0.1, 0.15) is 30.6 Å². The van der Waals surface area contributed by atoms with Gasteiger partial charge in [-0.1, -0.05) is 23.2 Å². The molecule has 0 fully saturated rings. The van der Waals surface area contributed by atoms with Crippen molar-refractivity contribution in [1.82, 2.24) is 9.88 Å². The molecule has 20 heavy (non-hydrogen) atoms. The van der Waals surface area contributed by atoms with Crippen molar-refractivity contribution >= 4 is 46.4 Å². The molecule has 0 atom stereocenters. The van der Waals surface area contributed by atoms with Gasteiger partial charge in [0.1, 0.15) is 10.8 Å². The summed E-state index contributed by atoms with van der Waals surface area (Å²) in [5.74, 6) is -0.618. The molecule has 0 bridgehead atoms. The first-order valence-electron chi connectivity index (χ1n) is 5.70. The van der Waals surface area contributed by atoms with Crippen molar-refractivity contribution in [1.29, 1.82) is 0 Å². The largest absolute Gasteiger partial charge is 0.365 e. The van der Waals surface area contributed by atoms with E-state index in [1.807, 2.05) is 0 Å². The van der Waals surface area contributed by atoms with E-state index in [4.69, 9.17) is 28.9 Å². The van der Waals surface area contributed by atoms with Crippen LogP contribution >= 0.6 is 34.5 Å². The number of nitrogens with zero attached hydrogens (tertiary/aromatic N) is 1. The first-order valence-corrected chi connectivity index (χ1v) is 7.27. The highest BCUT2D eigenvalue weighted by Gasteiger charge is 2.28. The lowest BCUT2D eigenvalue weighted by atomic mass is 10.3. The zero-order chi connectivity index (χ0) is 14.4. The molecule has 0 saturated heterocycles. The maximum atomic E-state index is 12.3. The molecule has 104 valence electrons. The van der Waals surface area contributed by atoms with E-state index in [0.29, 0.717) is 28.7 Å². The van der Waals surface area contributed by atoms with Crippen LogP contribution < -0.4 is 5.73 Å².